The predicted molar refractivity (Wildman–Crippen MR) is 102 cm³/mol. The molecule has 2 aliphatic rings. The SMILES string of the molecule is COc1cc(C(=O)N2CCC[C@@H](C(N)=O)C2)ccc1OC1CCN(C)CC1. The van der Waals surface area contributed by atoms with Gasteiger partial charge in [-0.1, -0.05) is 0 Å². The van der Waals surface area contributed by atoms with Crippen molar-refractivity contribution in [2.75, 3.05) is 40.3 Å². The second kappa shape index (κ2) is 8.61. The molecule has 2 heterocycles. The third-order valence-electron chi connectivity index (χ3n) is 5.48. The lowest BCUT2D eigenvalue weighted by Gasteiger charge is -2.31. The third-order valence-corrected chi connectivity index (χ3v) is 5.48. The van der Waals surface area contributed by atoms with Crippen LogP contribution in [0, 0.1) is 5.92 Å². The molecule has 0 aromatic heterocycles. The zero-order valence-electron chi connectivity index (χ0n) is 16.1. The van der Waals surface area contributed by atoms with E-state index in [2.05, 4.69) is 11.9 Å². The Bertz CT molecular complexity index is 686. The molecule has 2 amide bonds. The molecule has 0 unspecified atom stereocenters. The summed E-state index contributed by atoms with van der Waals surface area (Å²) in [5.74, 6) is 0.508. The Morgan fingerprint density at radius 1 is 1.11 bits per heavy atom. The minimum Gasteiger partial charge on any atom is -0.493 e. The first-order valence-corrected chi connectivity index (χ1v) is 9.59. The topological polar surface area (TPSA) is 85.1 Å². The molecular formula is C20H29N3O4. The molecule has 1 aromatic rings. The van der Waals surface area contributed by atoms with Crippen molar-refractivity contribution in [1.29, 1.82) is 0 Å². The fraction of sp³-hybridized carbons (Fsp3) is 0.600. The van der Waals surface area contributed by atoms with Crippen LogP contribution in [-0.2, 0) is 4.79 Å². The number of hydrogen-bond donors (Lipinski definition) is 1. The normalized spacial score (nSPS) is 21.7. The van der Waals surface area contributed by atoms with Crippen LogP contribution in [-0.4, -0.2) is 68.1 Å². The first kappa shape index (κ1) is 19.5. The summed E-state index contributed by atoms with van der Waals surface area (Å²) >= 11 is 0. The summed E-state index contributed by atoms with van der Waals surface area (Å²) in [6.07, 6.45) is 3.64. The summed E-state index contributed by atoms with van der Waals surface area (Å²) in [6.45, 7) is 3.04. The number of nitrogens with two attached hydrogens (primary N) is 1. The summed E-state index contributed by atoms with van der Waals surface area (Å²) in [6, 6.07) is 5.30. The molecule has 7 nitrogen and oxygen atoms in total. The molecule has 0 spiro atoms. The molecule has 0 saturated carbocycles. The molecule has 148 valence electrons. The minimum absolute atomic E-state index is 0.106. The fourth-order valence-electron chi connectivity index (χ4n) is 3.76. The van der Waals surface area contributed by atoms with Crippen molar-refractivity contribution in [1.82, 2.24) is 9.80 Å². The zero-order valence-corrected chi connectivity index (χ0v) is 16.1. The van der Waals surface area contributed by atoms with Gasteiger partial charge in [0.05, 0.1) is 13.0 Å². The van der Waals surface area contributed by atoms with E-state index in [4.69, 9.17) is 15.2 Å². The molecule has 0 bridgehead atoms. The number of carbonyl (C=O) groups is 2. The van der Waals surface area contributed by atoms with Crippen LogP contribution in [0.5, 0.6) is 11.5 Å². The van der Waals surface area contributed by atoms with Crippen LogP contribution >= 0.6 is 0 Å². The number of piperidine rings is 2. The number of methoxy groups -OCH3 is 1. The molecule has 0 radical (unpaired) electrons. The Morgan fingerprint density at radius 3 is 2.52 bits per heavy atom. The van der Waals surface area contributed by atoms with Gasteiger partial charge in [0.1, 0.15) is 6.10 Å². The van der Waals surface area contributed by atoms with Crippen molar-refractivity contribution < 1.29 is 19.1 Å². The monoisotopic (exact) mass is 375 g/mol. The second-order valence-electron chi connectivity index (χ2n) is 7.48. The molecule has 0 aliphatic carbocycles. The van der Waals surface area contributed by atoms with Crippen LogP contribution in [0.3, 0.4) is 0 Å². The summed E-state index contributed by atoms with van der Waals surface area (Å²) in [4.78, 5) is 28.3. The van der Waals surface area contributed by atoms with E-state index in [9.17, 15) is 9.59 Å². The van der Waals surface area contributed by atoms with Crippen LogP contribution in [0.2, 0.25) is 0 Å². The van der Waals surface area contributed by atoms with Gasteiger partial charge in [0.15, 0.2) is 11.5 Å². The first-order valence-electron chi connectivity index (χ1n) is 9.59. The van der Waals surface area contributed by atoms with Crippen LogP contribution in [0.4, 0.5) is 0 Å². The maximum absolute atomic E-state index is 12.8. The van der Waals surface area contributed by atoms with Crippen molar-refractivity contribution in [3.8, 4) is 11.5 Å². The molecule has 3 rings (SSSR count). The third kappa shape index (κ3) is 4.71. The summed E-state index contributed by atoms with van der Waals surface area (Å²) < 4.78 is 11.6. The number of ether oxygens (including phenoxy) is 2. The molecule has 2 fully saturated rings. The number of amides is 2. The minimum atomic E-state index is -0.341. The van der Waals surface area contributed by atoms with Gasteiger partial charge in [0.25, 0.3) is 5.91 Å². The molecule has 1 atom stereocenters. The van der Waals surface area contributed by atoms with Crippen molar-refractivity contribution in [3.05, 3.63) is 23.8 Å². The van der Waals surface area contributed by atoms with Gasteiger partial charge in [-0.05, 0) is 50.9 Å². The van der Waals surface area contributed by atoms with E-state index >= 15 is 0 Å². The summed E-state index contributed by atoms with van der Waals surface area (Å²) in [5, 5.41) is 0. The Hall–Kier alpha value is -2.28. The van der Waals surface area contributed by atoms with Gasteiger partial charge in [0, 0.05) is 31.7 Å². The van der Waals surface area contributed by atoms with Crippen molar-refractivity contribution in [3.63, 3.8) is 0 Å². The maximum Gasteiger partial charge on any atom is 0.254 e. The van der Waals surface area contributed by atoms with Crippen LogP contribution in [0.1, 0.15) is 36.0 Å². The van der Waals surface area contributed by atoms with E-state index < -0.39 is 0 Å². The molecule has 2 saturated heterocycles. The predicted octanol–water partition coefficient (Wildman–Crippen LogP) is 1.51. The lowest BCUT2D eigenvalue weighted by Crippen LogP contribution is -2.44. The van der Waals surface area contributed by atoms with Crippen molar-refractivity contribution in [2.24, 2.45) is 11.7 Å². The van der Waals surface area contributed by atoms with E-state index in [0.29, 0.717) is 30.2 Å². The lowest BCUT2D eigenvalue weighted by atomic mass is 9.97. The van der Waals surface area contributed by atoms with Gasteiger partial charge >= 0.3 is 0 Å². The highest BCUT2D eigenvalue weighted by molar-refractivity contribution is 5.95. The van der Waals surface area contributed by atoms with Crippen molar-refractivity contribution in [2.45, 2.75) is 31.8 Å². The maximum atomic E-state index is 12.8. The molecule has 27 heavy (non-hydrogen) atoms. The summed E-state index contributed by atoms with van der Waals surface area (Å²) in [5.41, 5.74) is 5.95. The molecule has 2 aliphatic heterocycles. The van der Waals surface area contributed by atoms with Crippen molar-refractivity contribution >= 4 is 11.8 Å². The standard InChI is InChI=1S/C20H29N3O4/c1-22-10-7-16(8-11-22)27-17-6-5-14(12-18(17)26-2)20(25)23-9-3-4-15(13-23)19(21)24/h5-6,12,15-16H,3-4,7-11,13H2,1-2H3,(H2,21,24)/t15-/m1/s1. The van der Waals surface area contributed by atoms with E-state index in [1.54, 1.807) is 30.2 Å². The van der Waals surface area contributed by atoms with Gasteiger partial charge in [-0.25, -0.2) is 0 Å². The number of hydrogen-bond acceptors (Lipinski definition) is 5. The Balaban J connectivity index is 1.69. The average Bonchev–Trinajstić information content (AvgIpc) is 2.69. The van der Waals surface area contributed by atoms with Crippen LogP contribution < -0.4 is 15.2 Å². The highest BCUT2D eigenvalue weighted by atomic mass is 16.5. The quantitative estimate of drug-likeness (QED) is 0.843. The Labute approximate surface area is 160 Å². The largest absolute Gasteiger partial charge is 0.493 e. The lowest BCUT2D eigenvalue weighted by molar-refractivity contribution is -0.123. The smallest absolute Gasteiger partial charge is 0.254 e. The van der Waals surface area contributed by atoms with Crippen LogP contribution in [0.15, 0.2) is 18.2 Å². The van der Waals surface area contributed by atoms with Gasteiger partial charge in [0.2, 0.25) is 5.91 Å². The van der Waals surface area contributed by atoms with Gasteiger partial charge in [-0.2, -0.15) is 0 Å². The molecule has 2 N–H and O–H groups in total. The van der Waals surface area contributed by atoms with Gasteiger partial charge in [-0.3, -0.25) is 9.59 Å². The summed E-state index contributed by atoms with van der Waals surface area (Å²) in [7, 11) is 3.69. The Kier molecular flexibility index (Phi) is 6.21. The number of rotatable bonds is 5. The van der Waals surface area contributed by atoms with E-state index in [-0.39, 0.29) is 23.8 Å². The van der Waals surface area contributed by atoms with Crippen LogP contribution in [0.25, 0.3) is 0 Å². The van der Waals surface area contributed by atoms with E-state index in [1.807, 2.05) is 0 Å². The van der Waals surface area contributed by atoms with E-state index in [0.717, 1.165) is 38.8 Å². The van der Waals surface area contributed by atoms with Gasteiger partial charge < -0.3 is 25.0 Å². The average molecular weight is 375 g/mol. The second-order valence-corrected chi connectivity index (χ2v) is 7.48. The Morgan fingerprint density at radius 2 is 1.85 bits per heavy atom. The molecule has 1 aromatic carbocycles. The zero-order chi connectivity index (χ0) is 19.4. The number of nitrogens with zero attached hydrogens (tertiary/aromatic N) is 2. The molecular weight excluding hydrogens is 346 g/mol. The van der Waals surface area contributed by atoms with Gasteiger partial charge in [-0.15, -0.1) is 0 Å². The van der Waals surface area contributed by atoms with E-state index in [1.165, 1.54) is 0 Å². The first-order chi connectivity index (χ1) is 13.0. The number of primary amides is 1. The number of benzene rings is 1. The number of carbonyl (C=O) groups excluding carboxylic acids is 2. The highest BCUT2D eigenvalue weighted by Crippen LogP contribution is 2.31. The fourth-order valence-corrected chi connectivity index (χ4v) is 3.76. The number of likely N-dealkylation sites (tertiary alicyclic amines) is 2. The molecule has 7 heteroatoms. The highest BCUT2D eigenvalue weighted by Gasteiger charge is 2.28.